The smallest absolute Gasteiger partial charge is 0.409 e. The fourth-order valence-corrected chi connectivity index (χ4v) is 5.13. The van der Waals surface area contributed by atoms with Crippen LogP contribution < -0.4 is 4.90 Å². The molecule has 2 saturated heterocycles. The van der Waals surface area contributed by atoms with Crippen molar-refractivity contribution in [2.75, 3.05) is 51.3 Å². The number of methoxy groups -OCH3 is 1. The molecule has 2 aromatic rings. The van der Waals surface area contributed by atoms with E-state index in [4.69, 9.17) is 4.74 Å². The molecule has 0 aromatic heterocycles. The van der Waals surface area contributed by atoms with Gasteiger partial charge in [-0.1, -0.05) is 30.3 Å². The van der Waals surface area contributed by atoms with Crippen LogP contribution in [0.5, 0.6) is 0 Å². The van der Waals surface area contributed by atoms with Crippen molar-refractivity contribution in [3.05, 3.63) is 65.2 Å². The number of hydrogen-bond acceptors (Lipinski definition) is 5. The van der Waals surface area contributed by atoms with E-state index in [1.165, 1.54) is 7.11 Å². The molecule has 4 rings (SSSR count). The van der Waals surface area contributed by atoms with E-state index in [0.717, 1.165) is 36.3 Å². The molecule has 0 bridgehead atoms. The van der Waals surface area contributed by atoms with Crippen molar-refractivity contribution in [1.29, 1.82) is 0 Å². The first kappa shape index (κ1) is 24.6. The molecule has 0 spiro atoms. The second-order valence-corrected chi connectivity index (χ2v) is 9.75. The maximum absolute atomic E-state index is 13.5. The van der Waals surface area contributed by atoms with Crippen molar-refractivity contribution >= 4 is 23.7 Å². The van der Waals surface area contributed by atoms with Crippen LogP contribution in [0.3, 0.4) is 0 Å². The zero-order chi connectivity index (χ0) is 25.2. The van der Waals surface area contributed by atoms with Gasteiger partial charge in [-0.25, -0.2) is 9.59 Å². The number of hydrogen-bond donors (Lipinski definition) is 1. The quantitative estimate of drug-likeness (QED) is 0.705. The summed E-state index contributed by atoms with van der Waals surface area (Å²) in [5.41, 5.74) is 2.41. The van der Waals surface area contributed by atoms with Crippen molar-refractivity contribution in [1.82, 2.24) is 9.80 Å². The van der Waals surface area contributed by atoms with E-state index in [1.54, 1.807) is 17.0 Å². The summed E-state index contributed by atoms with van der Waals surface area (Å²) in [4.78, 5) is 42.7. The van der Waals surface area contributed by atoms with Crippen molar-refractivity contribution in [2.24, 2.45) is 0 Å². The highest BCUT2D eigenvalue weighted by Gasteiger charge is 2.38. The Morgan fingerprint density at radius 1 is 0.914 bits per heavy atom. The Labute approximate surface area is 206 Å². The maximum Gasteiger partial charge on any atom is 0.409 e. The molecule has 2 aliphatic heterocycles. The number of piperazine rings is 1. The molecular weight excluding hydrogens is 446 g/mol. The summed E-state index contributed by atoms with van der Waals surface area (Å²) in [6.45, 7) is 7.70. The van der Waals surface area contributed by atoms with Gasteiger partial charge in [0, 0.05) is 50.9 Å². The number of benzene rings is 2. The molecular formula is C27H33N3O5. The molecule has 1 atom stereocenters. The molecule has 1 unspecified atom stereocenters. The van der Waals surface area contributed by atoms with Gasteiger partial charge in [0.05, 0.1) is 18.1 Å². The first-order chi connectivity index (χ1) is 16.7. The molecule has 2 aromatic carbocycles. The molecule has 2 amide bonds. The van der Waals surface area contributed by atoms with E-state index >= 15 is 0 Å². The molecule has 2 fully saturated rings. The number of carbonyl (C=O) groups excluding carboxylic acids is 2. The second kappa shape index (κ2) is 9.98. The van der Waals surface area contributed by atoms with E-state index < -0.39 is 11.4 Å². The highest BCUT2D eigenvalue weighted by molar-refractivity contribution is 5.90. The molecule has 8 nitrogen and oxygen atoms in total. The minimum absolute atomic E-state index is 0.0214. The summed E-state index contributed by atoms with van der Waals surface area (Å²) in [6, 6.07) is 15.2. The molecule has 35 heavy (non-hydrogen) atoms. The van der Waals surface area contributed by atoms with Crippen LogP contribution in [-0.2, 0) is 14.9 Å². The molecule has 186 valence electrons. The Morgan fingerprint density at radius 3 is 2.20 bits per heavy atom. The first-order valence-corrected chi connectivity index (χ1v) is 12.0. The number of aromatic carboxylic acids is 1. The third-order valence-corrected chi connectivity index (χ3v) is 7.31. The monoisotopic (exact) mass is 479 g/mol. The van der Waals surface area contributed by atoms with Gasteiger partial charge in [-0.05, 0) is 49.6 Å². The topological polar surface area (TPSA) is 90.4 Å². The lowest BCUT2D eigenvalue weighted by molar-refractivity contribution is -0.135. The van der Waals surface area contributed by atoms with Crippen LogP contribution in [0.2, 0.25) is 0 Å². The third-order valence-electron chi connectivity index (χ3n) is 7.31. The standard InChI is InChI=1S/C27H33N3O5/c1-27(2,20-8-10-21(11-9-20)28-14-16-29(17-15-28)26(34)35-3)25(33)30-13-12-19(18-30)22-6-4-5-7-23(22)24(31)32/h4-11,19H,12-18H2,1-3H3,(H,31,32). The van der Waals surface area contributed by atoms with Crippen molar-refractivity contribution in [3.8, 4) is 0 Å². The van der Waals surface area contributed by atoms with E-state index in [1.807, 2.05) is 55.1 Å². The molecule has 0 radical (unpaired) electrons. The number of carbonyl (C=O) groups is 3. The highest BCUT2D eigenvalue weighted by atomic mass is 16.5. The average molecular weight is 480 g/mol. The fourth-order valence-electron chi connectivity index (χ4n) is 5.13. The minimum Gasteiger partial charge on any atom is -0.478 e. The molecule has 2 heterocycles. The van der Waals surface area contributed by atoms with Crippen molar-refractivity contribution in [2.45, 2.75) is 31.6 Å². The van der Waals surface area contributed by atoms with Crippen LogP contribution in [-0.4, -0.2) is 79.3 Å². The number of ether oxygens (including phenoxy) is 1. The molecule has 2 aliphatic rings. The lowest BCUT2D eigenvalue weighted by atomic mass is 9.83. The van der Waals surface area contributed by atoms with Gasteiger partial charge in [0.1, 0.15) is 0 Å². The minimum atomic E-state index is -0.933. The Hall–Kier alpha value is -3.55. The lowest BCUT2D eigenvalue weighted by Crippen LogP contribution is -2.48. The predicted octanol–water partition coefficient (Wildman–Crippen LogP) is 3.57. The van der Waals surface area contributed by atoms with Gasteiger partial charge in [0.25, 0.3) is 0 Å². The number of amides is 2. The number of carboxylic acids is 1. The lowest BCUT2D eigenvalue weighted by Gasteiger charge is -2.35. The van der Waals surface area contributed by atoms with Gasteiger partial charge in [-0.2, -0.15) is 0 Å². The Kier molecular flexibility index (Phi) is 7.00. The Morgan fingerprint density at radius 2 is 1.57 bits per heavy atom. The normalized spacial score (nSPS) is 18.5. The van der Waals surface area contributed by atoms with Crippen LogP contribution in [0, 0.1) is 0 Å². The van der Waals surface area contributed by atoms with Gasteiger partial charge >= 0.3 is 12.1 Å². The van der Waals surface area contributed by atoms with Gasteiger partial charge < -0.3 is 24.5 Å². The summed E-state index contributed by atoms with van der Waals surface area (Å²) < 4.78 is 4.80. The van der Waals surface area contributed by atoms with Crippen LogP contribution in [0.4, 0.5) is 10.5 Å². The third kappa shape index (κ3) is 4.97. The van der Waals surface area contributed by atoms with E-state index in [9.17, 15) is 19.5 Å². The number of carboxylic acid groups (broad SMARTS) is 1. The maximum atomic E-state index is 13.5. The predicted molar refractivity (Wildman–Crippen MR) is 133 cm³/mol. The van der Waals surface area contributed by atoms with E-state index in [-0.39, 0.29) is 17.9 Å². The number of likely N-dealkylation sites (tertiary alicyclic amines) is 1. The fraction of sp³-hybridized carbons (Fsp3) is 0.444. The zero-order valence-corrected chi connectivity index (χ0v) is 20.6. The van der Waals surface area contributed by atoms with Crippen molar-refractivity contribution in [3.63, 3.8) is 0 Å². The molecule has 8 heteroatoms. The summed E-state index contributed by atoms with van der Waals surface area (Å²) in [6.07, 6.45) is 0.457. The highest BCUT2D eigenvalue weighted by Crippen LogP contribution is 2.34. The van der Waals surface area contributed by atoms with Crippen molar-refractivity contribution < 1.29 is 24.2 Å². The summed E-state index contributed by atoms with van der Waals surface area (Å²) in [5.74, 6) is -0.863. The largest absolute Gasteiger partial charge is 0.478 e. The van der Waals surface area contributed by atoms with Gasteiger partial charge in [-0.15, -0.1) is 0 Å². The molecule has 1 N–H and O–H groups in total. The van der Waals surface area contributed by atoms with Gasteiger partial charge in [0.15, 0.2) is 0 Å². The Balaban J connectivity index is 1.41. The number of anilines is 1. The van der Waals surface area contributed by atoms with Crippen LogP contribution in [0.1, 0.15) is 47.7 Å². The number of nitrogens with zero attached hydrogens (tertiary/aromatic N) is 3. The number of rotatable bonds is 5. The summed E-state index contributed by atoms with van der Waals surface area (Å²) in [7, 11) is 1.40. The SMILES string of the molecule is COC(=O)N1CCN(c2ccc(C(C)(C)C(=O)N3CCC(c4ccccc4C(=O)O)C3)cc2)CC1. The van der Waals surface area contributed by atoms with Crippen LogP contribution >= 0.6 is 0 Å². The second-order valence-electron chi connectivity index (χ2n) is 9.75. The van der Waals surface area contributed by atoms with E-state index in [2.05, 4.69) is 4.90 Å². The van der Waals surface area contributed by atoms with Crippen LogP contribution in [0.25, 0.3) is 0 Å². The zero-order valence-electron chi connectivity index (χ0n) is 20.6. The molecule has 0 saturated carbocycles. The molecule has 0 aliphatic carbocycles. The Bertz CT molecular complexity index is 1090. The van der Waals surface area contributed by atoms with E-state index in [0.29, 0.717) is 31.7 Å². The summed E-state index contributed by atoms with van der Waals surface area (Å²) in [5, 5.41) is 9.54. The summed E-state index contributed by atoms with van der Waals surface area (Å²) >= 11 is 0. The van der Waals surface area contributed by atoms with Gasteiger partial charge in [0.2, 0.25) is 5.91 Å². The first-order valence-electron chi connectivity index (χ1n) is 12.0. The van der Waals surface area contributed by atoms with Crippen LogP contribution in [0.15, 0.2) is 48.5 Å². The van der Waals surface area contributed by atoms with Gasteiger partial charge in [-0.3, -0.25) is 4.79 Å². The average Bonchev–Trinajstić information content (AvgIpc) is 3.38.